The molecule has 0 atom stereocenters. The first-order valence-electron chi connectivity index (χ1n) is 23.1. The number of anilines is 5. The summed E-state index contributed by atoms with van der Waals surface area (Å²) in [5, 5.41) is 84.6. The van der Waals surface area contributed by atoms with Crippen LogP contribution in [-0.4, -0.2) is 122 Å². The maximum absolute atomic E-state index is 11.6. The minimum atomic E-state index is -0.644. The van der Waals surface area contributed by atoms with Gasteiger partial charge in [-0.15, -0.1) is 30.6 Å². The molecule has 1 aliphatic heterocycles. The smallest absolute Gasteiger partial charge is 0.295 e. The van der Waals surface area contributed by atoms with Gasteiger partial charge in [0.05, 0.1) is 33.2 Å². The zero-order valence-electron chi connectivity index (χ0n) is 43.4. The Labute approximate surface area is 475 Å². The number of nitrogens with zero attached hydrogens (tertiary/aromatic N) is 16. The summed E-state index contributed by atoms with van der Waals surface area (Å²) in [6.07, 6.45) is 4.25. The Hall–Kier alpha value is -12.8. The van der Waals surface area contributed by atoms with Crippen LogP contribution in [-0.2, 0) is 0 Å². The fraction of sp³-hybridized carbons (Fsp3) is 0.0408. The number of nitrogens with one attached hydrogen (secondary N) is 2. The third-order valence-electron chi connectivity index (χ3n) is 9.76. The number of hydrogen-bond donors (Lipinski definition) is 12. The summed E-state index contributed by atoms with van der Waals surface area (Å²) < 4.78 is 5.71. The van der Waals surface area contributed by atoms with Crippen molar-refractivity contribution in [3.63, 3.8) is 0 Å². The number of carbonyl (C=O) groups excluding carboxylic acids is 2. The topological polar surface area (TPSA) is 561 Å². The van der Waals surface area contributed by atoms with Crippen LogP contribution in [0, 0.1) is 21.6 Å². The largest absolute Gasteiger partial charge is 0.508 e. The Morgan fingerprint density at radius 2 is 1.07 bits per heavy atom. The number of halogens is 1. The van der Waals surface area contributed by atoms with Gasteiger partial charge in [-0.3, -0.25) is 34.5 Å². The van der Waals surface area contributed by atoms with E-state index in [1.807, 2.05) is 0 Å². The normalized spacial score (nSPS) is 9.83. The number of fused-ring (bicyclic) bond motifs is 4. The maximum Gasteiger partial charge on any atom is 0.295 e. The number of nitrogens with two attached hydrogens (primary N) is 6. The first-order valence-corrected chi connectivity index (χ1v) is 23.4. The van der Waals surface area contributed by atoms with Gasteiger partial charge in [-0.2, -0.15) is 5.26 Å². The Bertz CT molecular complexity index is 4010. The summed E-state index contributed by atoms with van der Waals surface area (Å²) in [4.78, 5) is 67.0. The highest BCUT2D eigenvalue weighted by atomic mass is 35.5. The number of ether oxygens (including phenoxy) is 1. The van der Waals surface area contributed by atoms with Crippen LogP contribution >= 0.6 is 11.6 Å². The lowest BCUT2D eigenvalue weighted by atomic mass is 10.2. The van der Waals surface area contributed by atoms with Gasteiger partial charge in [-0.05, 0) is 78.9 Å². The number of hydrogen-bond acceptors (Lipinski definition) is 30. The highest BCUT2D eigenvalue weighted by Crippen LogP contribution is 2.26. The van der Waals surface area contributed by atoms with E-state index in [9.17, 15) is 29.7 Å². The Morgan fingerprint density at radius 1 is 0.607 bits per heavy atom. The van der Waals surface area contributed by atoms with Gasteiger partial charge >= 0.3 is 0 Å². The molecule has 18 N–H and O–H groups in total. The molecule has 0 saturated carbocycles. The highest BCUT2D eigenvalue weighted by molar-refractivity contribution is 6.30. The SMILES string of the molecule is CNC(=O)c1cc(Cl)ccn1.CNC(=O)c1cc(Oc2ccc3nc(N)nnc3c2)ccn1.N#CN.Nc1ccc(O)cc1[N+](=O)[O-].Nc1nc2ccc(=O)cc-2n(O)n1.Nc1nnc2cc(O)ccc2n1.Nc1nnc2cc(O)ccc2n1. The van der Waals surface area contributed by atoms with Gasteiger partial charge in [0, 0.05) is 61.8 Å². The first kappa shape index (κ1) is 62.0. The van der Waals surface area contributed by atoms with Crippen molar-refractivity contribution in [2.24, 2.45) is 5.73 Å². The lowest BCUT2D eigenvalue weighted by Crippen LogP contribution is -2.18. The zero-order valence-corrected chi connectivity index (χ0v) is 44.1. The number of amides is 2. The number of aromatic nitrogens is 14. The number of pyridine rings is 2. The van der Waals surface area contributed by atoms with Crippen molar-refractivity contribution in [2.75, 3.05) is 42.8 Å². The number of phenols is 3. The van der Waals surface area contributed by atoms with Gasteiger partial charge in [-0.25, -0.2) is 19.9 Å². The fourth-order valence-corrected chi connectivity index (χ4v) is 6.29. The third-order valence-corrected chi connectivity index (χ3v) is 10.00. The number of aromatic hydroxyl groups is 3. The molecule has 0 radical (unpaired) electrons. The van der Waals surface area contributed by atoms with Crippen molar-refractivity contribution in [3.05, 3.63) is 164 Å². The Balaban J connectivity index is 0.000000186. The lowest BCUT2D eigenvalue weighted by molar-refractivity contribution is -0.384. The number of nitro benzene ring substituents is 1. The minimum Gasteiger partial charge on any atom is -0.508 e. The second-order valence-corrected chi connectivity index (χ2v) is 16.1. The number of rotatable bonds is 5. The van der Waals surface area contributed by atoms with Crippen LogP contribution < -0.4 is 55.2 Å². The van der Waals surface area contributed by atoms with Crippen molar-refractivity contribution >= 4 is 91.7 Å². The molecule has 0 unspecified atom stereocenters. The first-order chi connectivity index (χ1) is 40.1. The molecule has 1 aliphatic carbocycles. The van der Waals surface area contributed by atoms with Crippen molar-refractivity contribution < 1.29 is 39.8 Å². The number of carbonyl (C=O) groups is 2. The molecule has 0 spiro atoms. The van der Waals surface area contributed by atoms with E-state index in [1.54, 1.807) is 55.6 Å². The van der Waals surface area contributed by atoms with E-state index in [-0.39, 0.29) is 81.0 Å². The summed E-state index contributed by atoms with van der Waals surface area (Å²) >= 11 is 5.63. The maximum atomic E-state index is 11.6. The average Bonchev–Trinajstić information content (AvgIpc) is 3.61. The van der Waals surface area contributed by atoms with E-state index in [0.29, 0.717) is 65.9 Å². The Morgan fingerprint density at radius 3 is 1.57 bits per heavy atom. The van der Waals surface area contributed by atoms with Crippen molar-refractivity contribution in [1.82, 2.24) is 81.1 Å². The molecule has 9 aromatic rings. The summed E-state index contributed by atoms with van der Waals surface area (Å²) in [5.74, 6) is 0.979. The molecule has 2 aliphatic rings. The van der Waals surface area contributed by atoms with Crippen LogP contribution in [0.1, 0.15) is 21.0 Å². The second-order valence-electron chi connectivity index (χ2n) is 15.6. The molecule has 4 aromatic carbocycles. The summed E-state index contributed by atoms with van der Waals surface area (Å²) in [6, 6.07) is 28.4. The van der Waals surface area contributed by atoms with E-state index in [4.69, 9.17) is 65.6 Å². The number of nitrogen functional groups attached to an aromatic ring is 5. The third kappa shape index (κ3) is 18.7. The van der Waals surface area contributed by atoms with E-state index in [2.05, 4.69) is 82.0 Å². The van der Waals surface area contributed by atoms with E-state index in [0.717, 1.165) is 6.07 Å². The van der Waals surface area contributed by atoms with Gasteiger partial charge in [0.2, 0.25) is 23.8 Å². The number of nitro groups is 1. The molecule has 84 heavy (non-hydrogen) atoms. The van der Waals surface area contributed by atoms with Crippen molar-refractivity contribution in [3.8, 4) is 46.3 Å². The number of benzene rings is 5. The molecule has 6 heterocycles. The van der Waals surface area contributed by atoms with Gasteiger partial charge in [-0.1, -0.05) is 21.5 Å². The quantitative estimate of drug-likeness (QED) is 0.0224. The molecular weight excluding hydrogens is 1120 g/mol. The van der Waals surface area contributed by atoms with Crippen LogP contribution in [0.3, 0.4) is 0 Å². The van der Waals surface area contributed by atoms with Crippen molar-refractivity contribution in [1.29, 1.82) is 5.26 Å². The molecule has 0 bridgehead atoms. The molecule has 0 fully saturated rings. The van der Waals surface area contributed by atoms with Gasteiger partial charge in [0.1, 0.15) is 68.1 Å². The predicted molar refractivity (Wildman–Crippen MR) is 302 cm³/mol. The zero-order chi connectivity index (χ0) is 61.5. The van der Waals surface area contributed by atoms with Crippen LogP contribution in [0.2, 0.25) is 5.02 Å². The summed E-state index contributed by atoms with van der Waals surface area (Å²) in [5.41, 5.74) is 35.1. The molecule has 2 amide bonds. The molecule has 428 valence electrons. The molecule has 11 rings (SSSR count). The number of nitriles is 1. The van der Waals surface area contributed by atoms with Crippen molar-refractivity contribution in [2.45, 2.75) is 0 Å². The van der Waals surface area contributed by atoms with E-state index < -0.39 is 4.92 Å². The van der Waals surface area contributed by atoms with Crippen LogP contribution in [0.5, 0.6) is 28.7 Å². The molecule has 5 aromatic heterocycles. The highest BCUT2D eigenvalue weighted by Gasteiger charge is 2.12. The van der Waals surface area contributed by atoms with Crippen LogP contribution in [0.25, 0.3) is 44.5 Å². The monoisotopic (exact) mass is 1160 g/mol. The number of phenolic OH excluding ortho intramolecular Hbond substituents is 3. The molecule has 35 heteroatoms. The van der Waals surface area contributed by atoms with Crippen LogP contribution in [0.15, 0.2) is 132 Å². The minimum absolute atomic E-state index is 0.0475. The molecule has 34 nitrogen and oxygen atoms in total. The summed E-state index contributed by atoms with van der Waals surface area (Å²) in [6.45, 7) is 0. The Kier molecular flexibility index (Phi) is 22.0. The van der Waals surface area contributed by atoms with Gasteiger partial charge in [0.15, 0.2) is 11.6 Å². The van der Waals surface area contributed by atoms with Gasteiger partial charge in [0.25, 0.3) is 17.5 Å². The summed E-state index contributed by atoms with van der Waals surface area (Å²) in [7, 11) is 3.09. The average molecular weight is 1170 g/mol. The lowest BCUT2D eigenvalue weighted by Gasteiger charge is -2.07. The van der Waals surface area contributed by atoms with Gasteiger partial charge < -0.3 is 70.3 Å². The second kappa shape index (κ2) is 29.8. The standard InChI is InChI=1S/C14H12N6O2.C7H7ClN2O.C7H6N4O2.2C7H6N4O.C6H6N2O3.CH2N2/c1-16-13(21)12-7-9(4-5-17-12)22-8-2-3-10-11(6-8)19-20-14(15)18-10;1-9-7(11)6-4-5(8)2-3-10-6;8-7-9-5-2-1-4(12)3-6(5)11(13)10-7;2*8-7-9-5-2-1-4(12)3-6(5)10-11-7;7-5-2-1-4(9)3-6(5)8(10)11;2-1-3/h2-7H,1H3,(H,16,21)(H2,15,18,20);2-4H,1H3,(H,9,11);1-3,13H,(H2,8,10);2*1-3,12H,(H2,8,9,11);1-3,9H,7H2;2H2. The van der Waals surface area contributed by atoms with Crippen LogP contribution in [0.4, 0.5) is 35.2 Å². The fourth-order valence-electron chi connectivity index (χ4n) is 6.13. The van der Waals surface area contributed by atoms with E-state index >= 15 is 0 Å². The predicted octanol–water partition coefficient (Wildman–Crippen LogP) is 2.75. The van der Waals surface area contributed by atoms with E-state index in [1.165, 1.54) is 86.3 Å². The molecular formula is C49H45ClN24O10. The molecule has 0 saturated heterocycles.